The second-order valence-corrected chi connectivity index (χ2v) is 7.22. The highest BCUT2D eigenvalue weighted by Crippen LogP contribution is 2.28. The topological polar surface area (TPSA) is 120 Å². The normalized spacial score (nSPS) is 10.8. The van der Waals surface area contributed by atoms with E-state index in [1.165, 1.54) is 31.6 Å². The number of hydrogen-bond acceptors (Lipinski definition) is 7. The Morgan fingerprint density at radius 2 is 1.96 bits per heavy atom. The van der Waals surface area contributed by atoms with Crippen molar-refractivity contribution < 1.29 is 17.5 Å². The Labute approximate surface area is 167 Å². The highest BCUT2D eigenvalue weighted by atomic mass is 35.5. The van der Waals surface area contributed by atoms with Gasteiger partial charge in [-0.05, 0) is 29.8 Å². The molecular formula is C17H17ClFN5O3S. The van der Waals surface area contributed by atoms with E-state index in [0.29, 0.717) is 28.4 Å². The molecule has 0 amide bonds. The largest absolute Gasteiger partial charge is 0.496 e. The fraction of sp³-hybridized carbons (Fsp3) is 0.118. The molecule has 3 rings (SSSR count). The number of nitrogens with two attached hydrogens (primary N) is 1. The quantitative estimate of drug-likeness (QED) is 0.622. The highest BCUT2D eigenvalue weighted by Gasteiger charge is 2.12. The van der Waals surface area contributed by atoms with E-state index in [4.69, 9.17) is 9.88 Å². The number of ether oxygens (including phenoxy) is 1. The summed E-state index contributed by atoms with van der Waals surface area (Å²) in [4.78, 5) is 12.4. The summed E-state index contributed by atoms with van der Waals surface area (Å²) < 4.78 is 41.0. The Bertz CT molecular complexity index is 1080. The predicted molar refractivity (Wildman–Crippen MR) is 106 cm³/mol. The first-order valence-electron chi connectivity index (χ1n) is 7.73. The van der Waals surface area contributed by atoms with Gasteiger partial charge in [0.05, 0.1) is 18.4 Å². The Kier molecular flexibility index (Phi) is 6.84. The van der Waals surface area contributed by atoms with E-state index in [2.05, 4.69) is 20.3 Å². The molecule has 28 heavy (non-hydrogen) atoms. The number of rotatable bonds is 6. The molecule has 0 aliphatic carbocycles. The first-order valence-corrected chi connectivity index (χ1v) is 9.45. The van der Waals surface area contributed by atoms with Gasteiger partial charge in [-0.15, -0.1) is 12.4 Å². The zero-order valence-corrected chi connectivity index (χ0v) is 16.3. The third-order valence-corrected chi connectivity index (χ3v) is 4.26. The van der Waals surface area contributed by atoms with Gasteiger partial charge < -0.3 is 10.1 Å². The molecule has 0 aliphatic heterocycles. The summed E-state index contributed by atoms with van der Waals surface area (Å²) in [6.45, 7) is 0. The van der Waals surface area contributed by atoms with Crippen molar-refractivity contribution in [3.8, 4) is 17.1 Å². The second-order valence-electron chi connectivity index (χ2n) is 5.61. The maximum absolute atomic E-state index is 13.4. The molecule has 0 radical (unpaired) electrons. The lowest BCUT2D eigenvalue weighted by Crippen LogP contribution is -2.14. The number of halogens is 2. The van der Waals surface area contributed by atoms with Crippen LogP contribution in [-0.4, -0.2) is 30.5 Å². The zero-order valence-electron chi connectivity index (χ0n) is 14.7. The molecule has 0 fully saturated rings. The Hall–Kier alpha value is -2.82. The van der Waals surface area contributed by atoms with Crippen LogP contribution >= 0.6 is 12.4 Å². The maximum Gasteiger partial charge on any atom is 0.230 e. The predicted octanol–water partition coefficient (Wildman–Crippen LogP) is 2.64. The molecule has 0 saturated heterocycles. The van der Waals surface area contributed by atoms with Crippen LogP contribution in [0.5, 0.6) is 5.75 Å². The van der Waals surface area contributed by atoms with Gasteiger partial charge in [0, 0.05) is 11.8 Å². The molecule has 0 bridgehead atoms. The molecular weight excluding hydrogens is 409 g/mol. The van der Waals surface area contributed by atoms with Crippen molar-refractivity contribution in [2.24, 2.45) is 5.14 Å². The highest BCUT2D eigenvalue weighted by molar-refractivity contribution is 7.88. The number of primary sulfonamides is 1. The summed E-state index contributed by atoms with van der Waals surface area (Å²) in [7, 11) is -2.21. The molecule has 0 unspecified atom stereocenters. The van der Waals surface area contributed by atoms with Crippen LogP contribution in [0.3, 0.4) is 0 Å². The van der Waals surface area contributed by atoms with Crippen LogP contribution in [0, 0.1) is 5.82 Å². The zero-order chi connectivity index (χ0) is 19.4. The third-order valence-electron chi connectivity index (χ3n) is 3.53. The van der Waals surface area contributed by atoms with E-state index >= 15 is 0 Å². The Morgan fingerprint density at radius 1 is 1.18 bits per heavy atom. The van der Waals surface area contributed by atoms with Crippen molar-refractivity contribution in [2.45, 2.75) is 5.75 Å². The van der Waals surface area contributed by atoms with Crippen molar-refractivity contribution >= 4 is 34.1 Å². The molecule has 2 aromatic carbocycles. The van der Waals surface area contributed by atoms with Crippen LogP contribution in [0.15, 0.2) is 48.8 Å². The number of anilines is 2. The molecule has 0 atom stereocenters. The monoisotopic (exact) mass is 425 g/mol. The molecule has 3 aromatic rings. The van der Waals surface area contributed by atoms with Crippen molar-refractivity contribution in [1.82, 2.24) is 15.0 Å². The van der Waals surface area contributed by atoms with Crippen LogP contribution in [0.2, 0.25) is 0 Å². The maximum atomic E-state index is 13.4. The molecule has 0 aliphatic rings. The number of methoxy groups -OCH3 is 1. The molecule has 8 nitrogen and oxygen atoms in total. The van der Waals surface area contributed by atoms with Gasteiger partial charge >= 0.3 is 0 Å². The first kappa shape index (κ1) is 21.5. The van der Waals surface area contributed by atoms with Gasteiger partial charge in [0.2, 0.25) is 16.0 Å². The van der Waals surface area contributed by atoms with Crippen molar-refractivity contribution in [1.29, 1.82) is 0 Å². The lowest BCUT2D eigenvalue weighted by molar-refractivity contribution is 0.412. The van der Waals surface area contributed by atoms with E-state index in [1.807, 2.05) is 0 Å². The van der Waals surface area contributed by atoms with Crippen LogP contribution in [-0.2, 0) is 15.8 Å². The number of nitrogens with zero attached hydrogens (tertiary/aromatic N) is 3. The number of aromatic nitrogens is 3. The second kappa shape index (κ2) is 8.91. The fourth-order valence-corrected chi connectivity index (χ4v) is 3.08. The number of benzene rings is 2. The molecule has 0 spiro atoms. The van der Waals surface area contributed by atoms with Crippen molar-refractivity contribution in [3.63, 3.8) is 0 Å². The lowest BCUT2D eigenvalue weighted by atomic mass is 10.2. The minimum Gasteiger partial charge on any atom is -0.496 e. The van der Waals surface area contributed by atoms with Crippen LogP contribution in [0.1, 0.15) is 5.56 Å². The van der Waals surface area contributed by atoms with E-state index in [9.17, 15) is 12.8 Å². The summed E-state index contributed by atoms with van der Waals surface area (Å²) in [5.41, 5.74) is 1.61. The minimum atomic E-state index is -3.63. The van der Waals surface area contributed by atoms with Gasteiger partial charge in [-0.2, -0.15) is 4.98 Å². The van der Waals surface area contributed by atoms with Gasteiger partial charge in [-0.1, -0.05) is 12.1 Å². The summed E-state index contributed by atoms with van der Waals surface area (Å²) in [6.07, 6.45) is 1.31. The number of sulfonamides is 1. The van der Waals surface area contributed by atoms with Gasteiger partial charge in [-0.3, -0.25) is 0 Å². The first-order chi connectivity index (χ1) is 12.8. The standard InChI is InChI=1S/C17H16FN5O3S.ClH/c1-26-15-8-12(18)5-6-14(15)16-20-10-21-17(23-16)22-13-4-2-3-11(7-13)9-27(19,24)25;/h2-8,10H,9H2,1H3,(H2,19,24,25)(H,20,21,22,23);1H. The van der Waals surface area contributed by atoms with Crippen LogP contribution < -0.4 is 15.2 Å². The molecule has 1 heterocycles. The fourth-order valence-electron chi connectivity index (χ4n) is 2.44. The van der Waals surface area contributed by atoms with E-state index in [-0.39, 0.29) is 24.1 Å². The molecule has 148 valence electrons. The molecule has 11 heteroatoms. The minimum absolute atomic E-state index is 0. The van der Waals surface area contributed by atoms with Gasteiger partial charge in [0.15, 0.2) is 5.82 Å². The number of hydrogen-bond donors (Lipinski definition) is 2. The van der Waals surface area contributed by atoms with E-state index in [1.54, 1.807) is 24.3 Å². The smallest absolute Gasteiger partial charge is 0.230 e. The average molecular weight is 426 g/mol. The Morgan fingerprint density at radius 3 is 2.68 bits per heavy atom. The van der Waals surface area contributed by atoms with Gasteiger partial charge in [0.1, 0.15) is 17.9 Å². The van der Waals surface area contributed by atoms with Crippen molar-refractivity contribution in [3.05, 3.63) is 60.2 Å². The molecule has 1 aromatic heterocycles. The SMILES string of the molecule is COc1cc(F)ccc1-c1ncnc(Nc2cccc(CS(N)(=O)=O)c2)n1.Cl. The lowest BCUT2D eigenvalue weighted by Gasteiger charge is -2.09. The summed E-state index contributed by atoms with van der Waals surface area (Å²) in [6, 6.07) is 10.7. The Balaban J connectivity index is 0.00000280. The summed E-state index contributed by atoms with van der Waals surface area (Å²) >= 11 is 0. The van der Waals surface area contributed by atoms with Crippen LogP contribution in [0.4, 0.5) is 16.0 Å². The van der Waals surface area contributed by atoms with Crippen LogP contribution in [0.25, 0.3) is 11.4 Å². The molecule has 3 N–H and O–H groups in total. The van der Waals surface area contributed by atoms with Gasteiger partial charge in [-0.25, -0.2) is 27.9 Å². The average Bonchev–Trinajstić information content (AvgIpc) is 2.60. The number of nitrogens with one attached hydrogen (secondary N) is 1. The third kappa shape index (κ3) is 5.59. The van der Waals surface area contributed by atoms with Crippen molar-refractivity contribution in [2.75, 3.05) is 12.4 Å². The van der Waals surface area contributed by atoms with Gasteiger partial charge in [0.25, 0.3) is 0 Å². The van der Waals surface area contributed by atoms with E-state index < -0.39 is 15.8 Å². The summed E-state index contributed by atoms with van der Waals surface area (Å²) in [5, 5.41) is 8.05. The summed E-state index contributed by atoms with van der Waals surface area (Å²) in [5.74, 6) is 0.110. The van der Waals surface area contributed by atoms with E-state index in [0.717, 1.165) is 0 Å². The molecule has 0 saturated carbocycles.